The molecule has 0 unspecified atom stereocenters. The number of nitro benzene ring substituents is 1. The van der Waals surface area contributed by atoms with Crippen LogP contribution in [-0.2, 0) is 19.6 Å². The van der Waals surface area contributed by atoms with Crippen molar-refractivity contribution < 1.29 is 19.5 Å². The van der Waals surface area contributed by atoms with Crippen molar-refractivity contribution in [3.8, 4) is 11.5 Å². The number of hydrogen-bond acceptors (Lipinski definition) is 5. The van der Waals surface area contributed by atoms with Crippen LogP contribution in [0.1, 0.15) is 23.6 Å². The van der Waals surface area contributed by atoms with E-state index in [4.69, 9.17) is 9.47 Å². The minimum absolute atomic E-state index is 0.0214. The van der Waals surface area contributed by atoms with Crippen molar-refractivity contribution in [2.75, 3.05) is 6.61 Å². The van der Waals surface area contributed by atoms with Gasteiger partial charge in [-0.15, -0.1) is 6.58 Å². The molecule has 0 amide bonds. The number of rotatable bonds is 9. The third kappa shape index (κ3) is 4.81. The van der Waals surface area contributed by atoms with E-state index in [1.165, 1.54) is 12.1 Å². The number of non-ortho nitro benzene ring substituents is 1. The Morgan fingerprint density at radius 1 is 1.24 bits per heavy atom. The molecule has 2 aromatic carbocycles. The molecule has 0 aliphatic carbocycles. The zero-order valence-electron chi connectivity index (χ0n) is 14.1. The summed E-state index contributed by atoms with van der Waals surface area (Å²) >= 11 is 0. The Hall–Kier alpha value is -2.86. The Labute approximate surface area is 146 Å². The van der Waals surface area contributed by atoms with Crippen LogP contribution in [0.25, 0.3) is 0 Å². The lowest BCUT2D eigenvalue weighted by Crippen LogP contribution is -2.04. The number of allylic oxidation sites excluding steroid dienone is 1. The summed E-state index contributed by atoms with van der Waals surface area (Å²) in [4.78, 5) is 10.5. The maximum atomic E-state index is 10.9. The highest BCUT2D eigenvalue weighted by molar-refractivity contribution is 5.50. The van der Waals surface area contributed by atoms with E-state index in [0.717, 1.165) is 11.1 Å². The van der Waals surface area contributed by atoms with Gasteiger partial charge in [-0.1, -0.05) is 18.2 Å². The van der Waals surface area contributed by atoms with Gasteiger partial charge in [0.15, 0.2) is 11.5 Å². The van der Waals surface area contributed by atoms with Gasteiger partial charge in [0.05, 0.1) is 18.1 Å². The molecule has 132 valence electrons. The quantitative estimate of drug-likeness (QED) is 0.425. The predicted molar refractivity (Wildman–Crippen MR) is 94.9 cm³/mol. The standard InChI is InChI=1S/C19H21NO5/c1-3-6-16-9-15(12-21)11-18(24-4-2)19(16)25-13-14-7-5-8-17(10-14)20(22)23/h3,5,7-11,21H,1,4,6,12-13H2,2H3. The first-order chi connectivity index (χ1) is 12.1. The molecule has 0 aliphatic rings. The molecule has 1 N–H and O–H groups in total. The Morgan fingerprint density at radius 3 is 2.68 bits per heavy atom. The summed E-state index contributed by atoms with van der Waals surface area (Å²) < 4.78 is 11.6. The second-order valence-corrected chi connectivity index (χ2v) is 5.38. The fourth-order valence-corrected chi connectivity index (χ4v) is 2.46. The fourth-order valence-electron chi connectivity index (χ4n) is 2.46. The highest BCUT2D eigenvalue weighted by Gasteiger charge is 2.14. The van der Waals surface area contributed by atoms with Crippen LogP contribution in [0, 0.1) is 10.1 Å². The van der Waals surface area contributed by atoms with Gasteiger partial charge in [0.1, 0.15) is 6.61 Å². The van der Waals surface area contributed by atoms with Crippen LogP contribution in [0.2, 0.25) is 0 Å². The van der Waals surface area contributed by atoms with E-state index in [0.29, 0.717) is 30.1 Å². The largest absolute Gasteiger partial charge is 0.490 e. The zero-order chi connectivity index (χ0) is 18.2. The lowest BCUT2D eigenvalue weighted by molar-refractivity contribution is -0.384. The van der Waals surface area contributed by atoms with E-state index in [1.54, 1.807) is 24.3 Å². The molecule has 0 spiro atoms. The molecule has 0 radical (unpaired) electrons. The second-order valence-electron chi connectivity index (χ2n) is 5.38. The summed E-state index contributed by atoms with van der Waals surface area (Å²) in [7, 11) is 0. The van der Waals surface area contributed by atoms with E-state index < -0.39 is 4.92 Å². The van der Waals surface area contributed by atoms with Crippen LogP contribution >= 0.6 is 0 Å². The van der Waals surface area contributed by atoms with Gasteiger partial charge in [-0.2, -0.15) is 0 Å². The van der Waals surface area contributed by atoms with Crippen LogP contribution in [0.5, 0.6) is 11.5 Å². The second kappa shape index (κ2) is 8.84. The Balaban J connectivity index is 2.31. The number of nitrogens with zero attached hydrogens (tertiary/aromatic N) is 1. The van der Waals surface area contributed by atoms with E-state index in [2.05, 4.69) is 6.58 Å². The molecule has 6 heteroatoms. The maximum Gasteiger partial charge on any atom is 0.269 e. The average Bonchev–Trinajstić information content (AvgIpc) is 2.61. The predicted octanol–water partition coefficient (Wildman–Crippen LogP) is 3.79. The van der Waals surface area contributed by atoms with Gasteiger partial charge in [-0.05, 0) is 36.6 Å². The van der Waals surface area contributed by atoms with Crippen molar-refractivity contribution in [2.45, 2.75) is 26.6 Å². The molecule has 2 aromatic rings. The number of nitro groups is 1. The van der Waals surface area contributed by atoms with Crippen molar-refractivity contribution >= 4 is 5.69 Å². The summed E-state index contributed by atoms with van der Waals surface area (Å²) in [6.07, 6.45) is 2.30. The molecule has 0 heterocycles. The Bertz CT molecular complexity index is 757. The molecule has 0 bridgehead atoms. The van der Waals surface area contributed by atoms with Crippen LogP contribution in [0.4, 0.5) is 5.69 Å². The molecule has 0 aliphatic heterocycles. The third-order valence-corrected chi connectivity index (χ3v) is 3.54. The summed E-state index contributed by atoms with van der Waals surface area (Å²) in [6.45, 7) is 6.13. The molecule has 25 heavy (non-hydrogen) atoms. The lowest BCUT2D eigenvalue weighted by Gasteiger charge is -2.17. The Morgan fingerprint density at radius 2 is 2.04 bits per heavy atom. The van der Waals surface area contributed by atoms with E-state index in [1.807, 2.05) is 13.0 Å². The molecule has 2 rings (SSSR count). The van der Waals surface area contributed by atoms with Gasteiger partial charge in [-0.25, -0.2) is 0 Å². The molecular weight excluding hydrogens is 322 g/mol. The highest BCUT2D eigenvalue weighted by Crippen LogP contribution is 2.34. The SMILES string of the molecule is C=CCc1cc(CO)cc(OCC)c1OCc1cccc([N+](=O)[O-])c1. The van der Waals surface area contributed by atoms with Crippen molar-refractivity contribution in [1.29, 1.82) is 0 Å². The van der Waals surface area contributed by atoms with E-state index >= 15 is 0 Å². The number of benzene rings is 2. The van der Waals surface area contributed by atoms with Crippen molar-refractivity contribution in [3.63, 3.8) is 0 Å². The first kappa shape index (κ1) is 18.5. The van der Waals surface area contributed by atoms with Crippen molar-refractivity contribution in [1.82, 2.24) is 0 Å². The first-order valence-corrected chi connectivity index (χ1v) is 7.95. The third-order valence-electron chi connectivity index (χ3n) is 3.54. The van der Waals surface area contributed by atoms with Gasteiger partial charge >= 0.3 is 0 Å². The van der Waals surface area contributed by atoms with E-state index in [-0.39, 0.29) is 18.9 Å². The number of hydrogen-bond donors (Lipinski definition) is 1. The molecular formula is C19H21NO5. The van der Waals surface area contributed by atoms with Gasteiger partial charge in [0.25, 0.3) is 5.69 Å². The van der Waals surface area contributed by atoms with Gasteiger partial charge in [0.2, 0.25) is 0 Å². The molecule has 0 aromatic heterocycles. The smallest absolute Gasteiger partial charge is 0.269 e. The molecule has 6 nitrogen and oxygen atoms in total. The highest BCUT2D eigenvalue weighted by atomic mass is 16.6. The minimum atomic E-state index is -0.436. The maximum absolute atomic E-state index is 10.9. The molecule has 0 atom stereocenters. The average molecular weight is 343 g/mol. The van der Waals surface area contributed by atoms with Crippen molar-refractivity contribution in [2.24, 2.45) is 0 Å². The van der Waals surface area contributed by atoms with Gasteiger partial charge < -0.3 is 14.6 Å². The van der Waals surface area contributed by atoms with Crippen LogP contribution < -0.4 is 9.47 Å². The minimum Gasteiger partial charge on any atom is -0.490 e. The van der Waals surface area contributed by atoms with Gasteiger partial charge in [0, 0.05) is 17.7 Å². The van der Waals surface area contributed by atoms with Crippen LogP contribution in [-0.4, -0.2) is 16.6 Å². The van der Waals surface area contributed by atoms with Crippen molar-refractivity contribution in [3.05, 3.63) is 75.9 Å². The lowest BCUT2D eigenvalue weighted by atomic mass is 10.1. The molecule has 0 fully saturated rings. The van der Waals surface area contributed by atoms with Gasteiger partial charge in [-0.3, -0.25) is 10.1 Å². The molecule has 0 saturated carbocycles. The Kier molecular flexibility index (Phi) is 6.54. The number of aliphatic hydroxyl groups excluding tert-OH is 1. The summed E-state index contributed by atoms with van der Waals surface area (Å²) in [5, 5.41) is 20.3. The topological polar surface area (TPSA) is 81.8 Å². The molecule has 0 saturated heterocycles. The fraction of sp³-hybridized carbons (Fsp3) is 0.263. The first-order valence-electron chi connectivity index (χ1n) is 7.95. The number of ether oxygens (including phenoxy) is 2. The summed E-state index contributed by atoms with van der Waals surface area (Å²) in [5.41, 5.74) is 2.28. The van der Waals surface area contributed by atoms with Crippen LogP contribution in [0.15, 0.2) is 49.1 Å². The number of aliphatic hydroxyl groups is 1. The normalized spacial score (nSPS) is 10.3. The van der Waals surface area contributed by atoms with E-state index in [9.17, 15) is 15.2 Å². The van der Waals surface area contributed by atoms with Crippen LogP contribution in [0.3, 0.4) is 0 Å². The monoisotopic (exact) mass is 343 g/mol. The zero-order valence-corrected chi connectivity index (χ0v) is 14.1. The summed E-state index contributed by atoms with van der Waals surface area (Å²) in [5.74, 6) is 1.10. The summed E-state index contributed by atoms with van der Waals surface area (Å²) in [6, 6.07) is 9.89.